The van der Waals surface area contributed by atoms with Gasteiger partial charge in [-0.3, -0.25) is 9.59 Å². The molecule has 4 rings (SSSR count). The number of ketones is 1. The Bertz CT molecular complexity index is 1350. The van der Waals surface area contributed by atoms with Crippen LogP contribution in [0.2, 0.25) is 0 Å². The maximum absolute atomic E-state index is 13.4. The van der Waals surface area contributed by atoms with Gasteiger partial charge in [-0.15, -0.1) is 0 Å². The van der Waals surface area contributed by atoms with E-state index in [1.54, 1.807) is 80.9 Å². The SMILES string of the molecule is CCCOc1ccc(/C(O)=C2\C(=O)C(=O)N(Cc3ccc(OC)c(OC)c3)C2c2cccc(OC)c2)cc1. The van der Waals surface area contributed by atoms with Crippen molar-refractivity contribution in [3.63, 3.8) is 0 Å². The fourth-order valence-corrected chi connectivity index (χ4v) is 4.46. The molecule has 0 radical (unpaired) electrons. The third kappa shape index (κ3) is 5.29. The number of aliphatic hydroxyl groups is 1. The molecule has 1 unspecified atom stereocenters. The summed E-state index contributed by atoms with van der Waals surface area (Å²) in [5.41, 5.74) is 1.78. The summed E-state index contributed by atoms with van der Waals surface area (Å²) < 4.78 is 21.8. The van der Waals surface area contributed by atoms with Crippen molar-refractivity contribution in [1.82, 2.24) is 4.90 Å². The molecule has 1 atom stereocenters. The fourth-order valence-electron chi connectivity index (χ4n) is 4.46. The first kappa shape index (κ1) is 26.6. The third-order valence-electron chi connectivity index (χ3n) is 6.35. The van der Waals surface area contributed by atoms with Gasteiger partial charge in [0.25, 0.3) is 11.7 Å². The minimum atomic E-state index is -0.839. The minimum Gasteiger partial charge on any atom is -0.507 e. The summed E-state index contributed by atoms with van der Waals surface area (Å²) in [6, 6.07) is 18.4. The Balaban J connectivity index is 1.80. The van der Waals surface area contributed by atoms with Crippen LogP contribution in [0.5, 0.6) is 23.0 Å². The Hall–Kier alpha value is -4.46. The molecule has 0 aliphatic carbocycles. The van der Waals surface area contributed by atoms with Crippen LogP contribution >= 0.6 is 0 Å². The van der Waals surface area contributed by atoms with E-state index >= 15 is 0 Å². The molecule has 1 fully saturated rings. The number of carbonyl (C=O) groups excluding carboxylic acids is 2. The summed E-state index contributed by atoms with van der Waals surface area (Å²) in [5, 5.41) is 11.3. The Morgan fingerprint density at radius 2 is 1.61 bits per heavy atom. The summed E-state index contributed by atoms with van der Waals surface area (Å²) in [5.74, 6) is 0.546. The first-order valence-electron chi connectivity index (χ1n) is 12.3. The van der Waals surface area contributed by atoms with E-state index in [4.69, 9.17) is 18.9 Å². The average Bonchev–Trinajstić information content (AvgIpc) is 3.20. The second-order valence-electron chi connectivity index (χ2n) is 8.77. The zero-order chi connectivity index (χ0) is 27.2. The van der Waals surface area contributed by atoms with E-state index in [0.717, 1.165) is 12.0 Å². The minimum absolute atomic E-state index is 0.00552. The number of likely N-dealkylation sites (tertiary alicyclic amines) is 1. The summed E-state index contributed by atoms with van der Waals surface area (Å²) >= 11 is 0. The molecule has 0 spiro atoms. The molecule has 8 nitrogen and oxygen atoms in total. The quantitative estimate of drug-likeness (QED) is 0.227. The number of ether oxygens (including phenoxy) is 4. The van der Waals surface area contributed by atoms with Crippen LogP contribution in [0.15, 0.2) is 72.3 Å². The number of aliphatic hydroxyl groups excluding tert-OH is 1. The number of amides is 1. The molecule has 0 bridgehead atoms. The molecule has 3 aromatic rings. The monoisotopic (exact) mass is 517 g/mol. The van der Waals surface area contributed by atoms with Gasteiger partial charge in [0.15, 0.2) is 11.5 Å². The zero-order valence-electron chi connectivity index (χ0n) is 21.9. The lowest BCUT2D eigenvalue weighted by molar-refractivity contribution is -0.140. The number of methoxy groups -OCH3 is 3. The maximum Gasteiger partial charge on any atom is 0.295 e. The number of benzene rings is 3. The van der Waals surface area contributed by atoms with Crippen LogP contribution in [-0.4, -0.2) is 49.6 Å². The molecule has 8 heteroatoms. The summed E-state index contributed by atoms with van der Waals surface area (Å²) in [4.78, 5) is 28.2. The van der Waals surface area contributed by atoms with Crippen LogP contribution < -0.4 is 18.9 Å². The van der Waals surface area contributed by atoms with Gasteiger partial charge in [0.05, 0.1) is 39.6 Å². The fraction of sp³-hybridized carbons (Fsp3) is 0.267. The molecule has 1 aliphatic heterocycles. The van der Waals surface area contributed by atoms with E-state index < -0.39 is 17.7 Å². The highest BCUT2D eigenvalue weighted by molar-refractivity contribution is 6.46. The number of hydrogen-bond acceptors (Lipinski definition) is 7. The zero-order valence-corrected chi connectivity index (χ0v) is 21.9. The van der Waals surface area contributed by atoms with Crippen LogP contribution in [-0.2, 0) is 16.1 Å². The van der Waals surface area contributed by atoms with Crippen molar-refractivity contribution < 1.29 is 33.6 Å². The number of carbonyl (C=O) groups is 2. The highest BCUT2D eigenvalue weighted by Gasteiger charge is 2.46. The predicted octanol–water partition coefficient (Wildman–Crippen LogP) is 5.12. The van der Waals surface area contributed by atoms with Crippen molar-refractivity contribution in [1.29, 1.82) is 0 Å². The molecule has 38 heavy (non-hydrogen) atoms. The topological polar surface area (TPSA) is 94.5 Å². The van der Waals surface area contributed by atoms with Crippen molar-refractivity contribution in [2.75, 3.05) is 27.9 Å². The lowest BCUT2D eigenvalue weighted by Crippen LogP contribution is -2.29. The highest BCUT2D eigenvalue weighted by Crippen LogP contribution is 2.41. The summed E-state index contributed by atoms with van der Waals surface area (Å²) in [6.45, 7) is 2.69. The molecule has 0 saturated carbocycles. The first-order valence-corrected chi connectivity index (χ1v) is 12.3. The molecule has 1 aliphatic rings. The Labute approximate surface area is 222 Å². The Kier molecular flexibility index (Phi) is 8.21. The molecule has 198 valence electrons. The molecule has 3 aromatic carbocycles. The largest absolute Gasteiger partial charge is 0.507 e. The van der Waals surface area contributed by atoms with Gasteiger partial charge in [0.2, 0.25) is 0 Å². The molecule has 1 heterocycles. The smallest absolute Gasteiger partial charge is 0.295 e. The van der Waals surface area contributed by atoms with Gasteiger partial charge in [-0.05, 0) is 66.1 Å². The second-order valence-corrected chi connectivity index (χ2v) is 8.77. The second kappa shape index (κ2) is 11.7. The van der Waals surface area contributed by atoms with E-state index in [0.29, 0.717) is 40.7 Å². The van der Waals surface area contributed by atoms with Gasteiger partial charge in [0.1, 0.15) is 17.3 Å². The van der Waals surface area contributed by atoms with E-state index in [-0.39, 0.29) is 17.9 Å². The molecule has 0 aromatic heterocycles. The van der Waals surface area contributed by atoms with Crippen molar-refractivity contribution in [2.45, 2.75) is 25.9 Å². The Morgan fingerprint density at radius 1 is 0.868 bits per heavy atom. The highest BCUT2D eigenvalue weighted by atomic mass is 16.5. The number of nitrogens with zero attached hydrogens (tertiary/aromatic N) is 1. The number of Topliss-reactive ketones (excluding diaryl/α,β-unsaturated/α-hetero) is 1. The summed E-state index contributed by atoms with van der Waals surface area (Å²) in [7, 11) is 4.62. The molecule has 1 saturated heterocycles. The van der Waals surface area contributed by atoms with Crippen molar-refractivity contribution in [2.24, 2.45) is 0 Å². The van der Waals surface area contributed by atoms with Crippen LogP contribution in [0, 0.1) is 0 Å². The van der Waals surface area contributed by atoms with Gasteiger partial charge >= 0.3 is 0 Å². The van der Waals surface area contributed by atoms with Crippen LogP contribution in [0.4, 0.5) is 0 Å². The molecule has 1 amide bonds. The average molecular weight is 518 g/mol. The molecule has 1 N–H and O–H groups in total. The summed E-state index contributed by atoms with van der Waals surface area (Å²) in [6.07, 6.45) is 0.867. The van der Waals surface area contributed by atoms with E-state index in [2.05, 4.69) is 0 Å². The predicted molar refractivity (Wildman–Crippen MR) is 143 cm³/mol. The normalized spacial score (nSPS) is 16.4. The van der Waals surface area contributed by atoms with Crippen molar-refractivity contribution in [3.8, 4) is 23.0 Å². The van der Waals surface area contributed by atoms with Crippen molar-refractivity contribution in [3.05, 3.63) is 89.0 Å². The number of rotatable bonds is 10. The maximum atomic E-state index is 13.4. The number of hydrogen-bond donors (Lipinski definition) is 1. The lowest BCUT2D eigenvalue weighted by atomic mass is 9.95. The van der Waals surface area contributed by atoms with E-state index in [9.17, 15) is 14.7 Å². The van der Waals surface area contributed by atoms with Crippen LogP contribution in [0.25, 0.3) is 5.76 Å². The van der Waals surface area contributed by atoms with Gasteiger partial charge < -0.3 is 29.0 Å². The van der Waals surface area contributed by atoms with E-state index in [1.807, 2.05) is 6.92 Å². The molecular formula is C30H31NO7. The lowest BCUT2D eigenvalue weighted by Gasteiger charge is -2.26. The Morgan fingerprint density at radius 3 is 2.26 bits per heavy atom. The van der Waals surface area contributed by atoms with Gasteiger partial charge in [-0.25, -0.2) is 0 Å². The van der Waals surface area contributed by atoms with Crippen LogP contribution in [0.1, 0.15) is 36.1 Å². The van der Waals surface area contributed by atoms with Gasteiger partial charge in [0, 0.05) is 12.1 Å². The standard InChI is InChI=1S/C30H31NO7/c1-5-15-38-22-12-10-20(11-13-22)28(32)26-27(21-7-6-8-23(17-21)35-2)31(30(34)29(26)33)18-19-9-14-24(36-3)25(16-19)37-4/h6-14,16-17,27,32H,5,15,18H2,1-4H3/b28-26+. The van der Waals surface area contributed by atoms with E-state index in [1.165, 1.54) is 12.0 Å². The van der Waals surface area contributed by atoms with Crippen LogP contribution in [0.3, 0.4) is 0 Å². The third-order valence-corrected chi connectivity index (χ3v) is 6.35. The van der Waals surface area contributed by atoms with Crippen molar-refractivity contribution >= 4 is 17.4 Å². The van der Waals surface area contributed by atoms with Gasteiger partial charge in [-0.2, -0.15) is 0 Å². The van der Waals surface area contributed by atoms with Gasteiger partial charge in [-0.1, -0.05) is 25.1 Å². The molecular weight excluding hydrogens is 486 g/mol. The first-order chi connectivity index (χ1) is 18.4.